The van der Waals surface area contributed by atoms with Gasteiger partial charge in [0.2, 0.25) is 5.91 Å². The molecule has 2 atom stereocenters. The number of likely N-dealkylation sites (tertiary alicyclic amines) is 1. The highest BCUT2D eigenvalue weighted by molar-refractivity contribution is 7.07. The lowest BCUT2D eigenvalue weighted by atomic mass is 9.90. The fourth-order valence-electron chi connectivity index (χ4n) is 3.21. The third kappa shape index (κ3) is 3.83. The van der Waals surface area contributed by atoms with Crippen molar-refractivity contribution in [1.29, 1.82) is 0 Å². The predicted octanol–water partition coefficient (Wildman–Crippen LogP) is 4.23. The second-order valence-electron chi connectivity index (χ2n) is 6.37. The standard InChI is InChI=1S/C18H24N2O2S/c1-3-15-5-6-17(22-15)16-10-13(2)8-9-20(16)18(21)7-4-14-11-23-12-19-14/h5-6,11-13,16H,3-4,7-10H2,1-2H3/t13-,16+/m1/s1. The first-order valence-electron chi connectivity index (χ1n) is 8.42. The molecule has 2 aromatic heterocycles. The van der Waals surface area contributed by atoms with E-state index >= 15 is 0 Å². The lowest BCUT2D eigenvalue weighted by molar-refractivity contribution is -0.136. The number of aryl methyl sites for hydroxylation is 2. The summed E-state index contributed by atoms with van der Waals surface area (Å²) in [6.07, 6.45) is 4.19. The van der Waals surface area contributed by atoms with Crippen molar-refractivity contribution in [1.82, 2.24) is 9.88 Å². The molecule has 0 unspecified atom stereocenters. The van der Waals surface area contributed by atoms with Gasteiger partial charge in [-0.15, -0.1) is 11.3 Å². The van der Waals surface area contributed by atoms with Crippen LogP contribution in [0.3, 0.4) is 0 Å². The second-order valence-corrected chi connectivity index (χ2v) is 7.09. The highest BCUT2D eigenvalue weighted by Crippen LogP contribution is 2.35. The highest BCUT2D eigenvalue weighted by Gasteiger charge is 2.32. The van der Waals surface area contributed by atoms with Crippen LogP contribution >= 0.6 is 11.3 Å². The Morgan fingerprint density at radius 1 is 1.48 bits per heavy atom. The van der Waals surface area contributed by atoms with Crippen LogP contribution in [0.5, 0.6) is 0 Å². The van der Waals surface area contributed by atoms with Crippen LogP contribution < -0.4 is 0 Å². The third-order valence-electron chi connectivity index (χ3n) is 4.62. The maximum atomic E-state index is 12.7. The molecule has 0 aromatic carbocycles. The van der Waals surface area contributed by atoms with Crippen molar-refractivity contribution in [2.24, 2.45) is 5.92 Å². The minimum absolute atomic E-state index is 0.0852. The topological polar surface area (TPSA) is 46.3 Å². The molecule has 1 fully saturated rings. The molecule has 0 N–H and O–H groups in total. The van der Waals surface area contributed by atoms with Gasteiger partial charge in [-0.1, -0.05) is 13.8 Å². The van der Waals surface area contributed by atoms with E-state index < -0.39 is 0 Å². The molecule has 4 nitrogen and oxygen atoms in total. The minimum atomic E-state index is 0.0852. The molecule has 5 heteroatoms. The third-order valence-corrected chi connectivity index (χ3v) is 5.26. The Morgan fingerprint density at radius 2 is 2.35 bits per heavy atom. The number of thiazole rings is 1. The first kappa shape index (κ1) is 16.2. The largest absolute Gasteiger partial charge is 0.464 e. The van der Waals surface area contributed by atoms with Gasteiger partial charge >= 0.3 is 0 Å². The van der Waals surface area contributed by atoms with E-state index in [9.17, 15) is 4.79 Å². The fourth-order valence-corrected chi connectivity index (χ4v) is 3.81. The molecule has 124 valence electrons. The first-order valence-corrected chi connectivity index (χ1v) is 9.36. The molecule has 0 bridgehead atoms. The number of amides is 1. The van der Waals surface area contributed by atoms with E-state index in [0.29, 0.717) is 12.3 Å². The average Bonchev–Trinajstić information content (AvgIpc) is 3.23. The van der Waals surface area contributed by atoms with E-state index in [1.165, 1.54) is 0 Å². The van der Waals surface area contributed by atoms with Crippen molar-refractivity contribution in [2.75, 3.05) is 6.54 Å². The Hall–Kier alpha value is -1.62. The molecule has 0 radical (unpaired) electrons. The summed E-state index contributed by atoms with van der Waals surface area (Å²) in [7, 11) is 0. The molecule has 1 aliphatic heterocycles. The lowest BCUT2D eigenvalue weighted by Gasteiger charge is -2.37. The second kappa shape index (κ2) is 7.30. The highest BCUT2D eigenvalue weighted by atomic mass is 32.1. The zero-order chi connectivity index (χ0) is 16.2. The predicted molar refractivity (Wildman–Crippen MR) is 91.4 cm³/mol. The quantitative estimate of drug-likeness (QED) is 0.823. The lowest BCUT2D eigenvalue weighted by Crippen LogP contribution is -2.40. The summed E-state index contributed by atoms with van der Waals surface area (Å²) in [4.78, 5) is 19.0. The van der Waals surface area contributed by atoms with E-state index in [0.717, 1.165) is 49.4 Å². The van der Waals surface area contributed by atoms with Crippen molar-refractivity contribution >= 4 is 17.2 Å². The molecule has 0 spiro atoms. The summed E-state index contributed by atoms with van der Waals surface area (Å²) < 4.78 is 5.95. The van der Waals surface area contributed by atoms with Gasteiger partial charge in [0, 0.05) is 24.8 Å². The normalized spacial score (nSPS) is 21.6. The van der Waals surface area contributed by atoms with Crippen LogP contribution in [0, 0.1) is 5.92 Å². The Bertz CT molecular complexity index is 635. The minimum Gasteiger partial charge on any atom is -0.464 e. The van der Waals surface area contributed by atoms with Gasteiger partial charge in [-0.3, -0.25) is 4.79 Å². The zero-order valence-electron chi connectivity index (χ0n) is 13.8. The maximum Gasteiger partial charge on any atom is 0.223 e. The molecule has 23 heavy (non-hydrogen) atoms. The number of hydrogen-bond acceptors (Lipinski definition) is 4. The zero-order valence-corrected chi connectivity index (χ0v) is 14.6. The molecular weight excluding hydrogens is 308 g/mol. The number of hydrogen-bond donors (Lipinski definition) is 0. The maximum absolute atomic E-state index is 12.7. The summed E-state index contributed by atoms with van der Waals surface area (Å²) in [5.74, 6) is 2.77. The summed E-state index contributed by atoms with van der Waals surface area (Å²) >= 11 is 1.58. The Morgan fingerprint density at radius 3 is 3.04 bits per heavy atom. The van der Waals surface area contributed by atoms with Gasteiger partial charge in [-0.05, 0) is 37.3 Å². The number of furan rings is 1. The van der Waals surface area contributed by atoms with Crippen molar-refractivity contribution in [2.45, 2.75) is 52.0 Å². The Labute approximate surface area is 141 Å². The van der Waals surface area contributed by atoms with Gasteiger partial charge in [0.15, 0.2) is 0 Å². The SMILES string of the molecule is CCc1ccc([C@@H]2C[C@H](C)CCN2C(=O)CCc2cscn2)o1. The Kier molecular flexibility index (Phi) is 5.16. The van der Waals surface area contributed by atoms with E-state index in [2.05, 4.69) is 18.8 Å². The average molecular weight is 332 g/mol. The van der Waals surface area contributed by atoms with Crippen LogP contribution in [0.4, 0.5) is 0 Å². The summed E-state index contributed by atoms with van der Waals surface area (Å²) in [5.41, 5.74) is 2.83. The fraction of sp³-hybridized carbons (Fsp3) is 0.556. The van der Waals surface area contributed by atoms with Crippen molar-refractivity contribution in [3.8, 4) is 0 Å². The first-order chi connectivity index (χ1) is 11.2. The van der Waals surface area contributed by atoms with E-state index in [1.807, 2.05) is 27.9 Å². The van der Waals surface area contributed by atoms with Crippen LogP contribution in [0.15, 0.2) is 27.4 Å². The van der Waals surface area contributed by atoms with E-state index in [4.69, 9.17) is 4.42 Å². The van der Waals surface area contributed by atoms with Crippen molar-refractivity contribution in [3.05, 3.63) is 40.2 Å². The monoisotopic (exact) mass is 332 g/mol. The Balaban J connectivity index is 1.70. The molecule has 3 rings (SSSR count). The van der Waals surface area contributed by atoms with Crippen LogP contribution in [0.2, 0.25) is 0 Å². The molecule has 1 saturated heterocycles. The molecule has 3 heterocycles. The summed E-state index contributed by atoms with van der Waals surface area (Å²) in [6, 6.07) is 4.16. The van der Waals surface area contributed by atoms with E-state index in [-0.39, 0.29) is 11.9 Å². The van der Waals surface area contributed by atoms with Gasteiger partial charge in [0.1, 0.15) is 11.5 Å². The number of nitrogens with zero attached hydrogens (tertiary/aromatic N) is 2. The molecule has 0 saturated carbocycles. The van der Waals surface area contributed by atoms with Gasteiger partial charge in [-0.25, -0.2) is 4.98 Å². The van der Waals surface area contributed by atoms with Crippen LogP contribution in [0.25, 0.3) is 0 Å². The number of piperidine rings is 1. The summed E-state index contributed by atoms with van der Waals surface area (Å²) in [6.45, 7) is 5.17. The van der Waals surface area contributed by atoms with E-state index in [1.54, 1.807) is 11.3 Å². The number of carbonyl (C=O) groups is 1. The van der Waals surface area contributed by atoms with Gasteiger partial charge in [0.05, 0.1) is 17.2 Å². The molecular formula is C18H24N2O2S. The number of carbonyl (C=O) groups excluding carboxylic acids is 1. The summed E-state index contributed by atoms with van der Waals surface area (Å²) in [5, 5.41) is 2.02. The molecule has 0 aliphatic carbocycles. The van der Waals surface area contributed by atoms with Gasteiger partial charge < -0.3 is 9.32 Å². The molecule has 1 amide bonds. The van der Waals surface area contributed by atoms with Crippen LogP contribution in [0.1, 0.15) is 56.4 Å². The van der Waals surface area contributed by atoms with Crippen molar-refractivity contribution in [3.63, 3.8) is 0 Å². The van der Waals surface area contributed by atoms with Crippen LogP contribution in [-0.4, -0.2) is 22.3 Å². The number of rotatable bonds is 5. The van der Waals surface area contributed by atoms with Gasteiger partial charge in [-0.2, -0.15) is 0 Å². The molecule has 1 aliphatic rings. The van der Waals surface area contributed by atoms with Crippen molar-refractivity contribution < 1.29 is 9.21 Å². The van der Waals surface area contributed by atoms with Crippen LogP contribution in [-0.2, 0) is 17.6 Å². The molecule has 2 aromatic rings. The smallest absolute Gasteiger partial charge is 0.223 e. The van der Waals surface area contributed by atoms with Gasteiger partial charge in [0.25, 0.3) is 0 Å². The number of aromatic nitrogens is 1.